The fourth-order valence-electron chi connectivity index (χ4n) is 3.25. The van der Waals surface area contributed by atoms with E-state index in [2.05, 4.69) is 29.2 Å². The molecule has 0 radical (unpaired) electrons. The molecule has 1 aromatic carbocycles. The molecule has 0 fully saturated rings. The van der Waals surface area contributed by atoms with Crippen molar-refractivity contribution < 1.29 is 0 Å². The van der Waals surface area contributed by atoms with E-state index in [0.717, 1.165) is 37.1 Å². The molecule has 1 aromatic heterocycles. The van der Waals surface area contributed by atoms with Gasteiger partial charge in [-0.1, -0.05) is 24.3 Å². The van der Waals surface area contributed by atoms with Gasteiger partial charge in [0.05, 0.1) is 0 Å². The second-order valence-corrected chi connectivity index (χ2v) is 5.58. The lowest BCUT2D eigenvalue weighted by Crippen LogP contribution is -2.24. The Balaban J connectivity index is 1.71. The van der Waals surface area contributed by atoms with Gasteiger partial charge in [0, 0.05) is 29.4 Å². The van der Waals surface area contributed by atoms with E-state index in [1.165, 1.54) is 16.8 Å². The van der Waals surface area contributed by atoms with Crippen LogP contribution in [0.4, 0.5) is 0 Å². The molecule has 0 spiro atoms. The Labute approximate surface area is 112 Å². The van der Waals surface area contributed by atoms with Crippen LogP contribution in [0.25, 0.3) is 0 Å². The highest BCUT2D eigenvalue weighted by atomic mass is 14.9. The highest BCUT2D eigenvalue weighted by Gasteiger charge is 2.30. The first-order chi connectivity index (χ1) is 9.33. The molecule has 3 nitrogen and oxygen atoms in total. The number of benzene rings is 1. The zero-order valence-electron chi connectivity index (χ0n) is 10.8. The third kappa shape index (κ3) is 1.69. The Bertz CT molecular complexity index is 636. The van der Waals surface area contributed by atoms with Crippen LogP contribution in [0.5, 0.6) is 0 Å². The largest absolute Gasteiger partial charge is 0.324 e. The first-order valence-electron chi connectivity index (χ1n) is 7.02. The second kappa shape index (κ2) is 4.14. The Hall–Kier alpha value is -1.74. The van der Waals surface area contributed by atoms with E-state index in [9.17, 15) is 0 Å². The van der Waals surface area contributed by atoms with Crippen LogP contribution in [-0.2, 0) is 12.8 Å². The van der Waals surface area contributed by atoms with Crippen molar-refractivity contribution in [2.45, 2.75) is 37.6 Å². The van der Waals surface area contributed by atoms with Gasteiger partial charge in [0.1, 0.15) is 5.82 Å². The number of rotatable bonds is 1. The van der Waals surface area contributed by atoms with Gasteiger partial charge >= 0.3 is 0 Å². The summed E-state index contributed by atoms with van der Waals surface area (Å²) in [5.74, 6) is 1.37. The summed E-state index contributed by atoms with van der Waals surface area (Å²) in [7, 11) is 0. The zero-order chi connectivity index (χ0) is 12.8. The van der Waals surface area contributed by atoms with Crippen molar-refractivity contribution in [3.63, 3.8) is 0 Å². The normalized spacial score (nSPS) is 24.3. The fraction of sp³-hybridized carbons (Fsp3) is 0.375. The van der Waals surface area contributed by atoms with Crippen LogP contribution in [0.1, 0.15) is 53.0 Å². The van der Waals surface area contributed by atoms with E-state index in [4.69, 9.17) is 10.7 Å². The predicted molar refractivity (Wildman–Crippen MR) is 73.9 cm³/mol. The summed E-state index contributed by atoms with van der Waals surface area (Å²) >= 11 is 0. The molecule has 0 saturated carbocycles. The van der Waals surface area contributed by atoms with Gasteiger partial charge in [-0.05, 0) is 36.8 Å². The molecule has 2 aromatic rings. The number of fused-ring (bicyclic) bond motifs is 2. The average molecular weight is 251 g/mol. The number of nitrogens with zero attached hydrogens (tertiary/aromatic N) is 2. The van der Waals surface area contributed by atoms with Gasteiger partial charge in [-0.2, -0.15) is 0 Å². The Morgan fingerprint density at radius 3 is 2.95 bits per heavy atom. The second-order valence-electron chi connectivity index (χ2n) is 5.58. The SMILES string of the molecule is NC1CCCc2nc(C3Cc4ccccc43)ncc21. The number of nitrogens with two attached hydrogens (primary N) is 1. The molecule has 2 aliphatic carbocycles. The molecule has 0 bridgehead atoms. The fourth-order valence-corrected chi connectivity index (χ4v) is 3.25. The summed E-state index contributed by atoms with van der Waals surface area (Å²) in [6.45, 7) is 0. The molecule has 2 unspecified atom stereocenters. The van der Waals surface area contributed by atoms with Crippen molar-refractivity contribution in [1.29, 1.82) is 0 Å². The Kier molecular flexibility index (Phi) is 2.42. The van der Waals surface area contributed by atoms with Gasteiger partial charge in [0.15, 0.2) is 0 Å². The minimum Gasteiger partial charge on any atom is -0.324 e. The minimum absolute atomic E-state index is 0.131. The van der Waals surface area contributed by atoms with E-state index < -0.39 is 0 Å². The number of hydrogen-bond acceptors (Lipinski definition) is 3. The summed E-state index contributed by atoms with van der Waals surface area (Å²) in [5.41, 5.74) is 11.3. The smallest absolute Gasteiger partial charge is 0.136 e. The van der Waals surface area contributed by atoms with Crippen LogP contribution in [-0.4, -0.2) is 9.97 Å². The van der Waals surface area contributed by atoms with Gasteiger partial charge in [-0.3, -0.25) is 0 Å². The molecule has 2 N–H and O–H groups in total. The van der Waals surface area contributed by atoms with Crippen molar-refractivity contribution in [3.8, 4) is 0 Å². The predicted octanol–water partition coefficient (Wildman–Crippen LogP) is 2.50. The van der Waals surface area contributed by atoms with Gasteiger partial charge in [-0.25, -0.2) is 9.97 Å². The van der Waals surface area contributed by atoms with Crippen molar-refractivity contribution in [1.82, 2.24) is 9.97 Å². The van der Waals surface area contributed by atoms with E-state index in [1.807, 2.05) is 6.20 Å². The maximum absolute atomic E-state index is 6.12. The molecular weight excluding hydrogens is 234 g/mol. The highest BCUT2D eigenvalue weighted by molar-refractivity contribution is 5.44. The average Bonchev–Trinajstić information content (AvgIpc) is 2.40. The number of hydrogen-bond donors (Lipinski definition) is 1. The van der Waals surface area contributed by atoms with E-state index in [0.29, 0.717) is 5.92 Å². The summed E-state index contributed by atoms with van der Waals surface area (Å²) in [6.07, 6.45) is 6.28. The summed E-state index contributed by atoms with van der Waals surface area (Å²) in [4.78, 5) is 9.37. The van der Waals surface area contributed by atoms with Gasteiger partial charge in [-0.15, -0.1) is 0 Å². The van der Waals surface area contributed by atoms with Crippen LogP contribution in [0, 0.1) is 0 Å². The molecule has 2 aliphatic rings. The van der Waals surface area contributed by atoms with Crippen molar-refractivity contribution in [2.24, 2.45) is 5.73 Å². The quantitative estimate of drug-likeness (QED) is 0.847. The summed E-state index contributed by atoms with van der Waals surface area (Å²) in [6, 6.07) is 8.71. The van der Waals surface area contributed by atoms with Crippen LogP contribution >= 0.6 is 0 Å². The highest BCUT2D eigenvalue weighted by Crippen LogP contribution is 2.39. The zero-order valence-corrected chi connectivity index (χ0v) is 10.8. The van der Waals surface area contributed by atoms with E-state index >= 15 is 0 Å². The Morgan fingerprint density at radius 2 is 2.05 bits per heavy atom. The van der Waals surface area contributed by atoms with Crippen LogP contribution in [0.15, 0.2) is 30.5 Å². The topological polar surface area (TPSA) is 51.8 Å². The molecule has 2 atom stereocenters. The molecule has 0 saturated heterocycles. The van der Waals surface area contributed by atoms with Gasteiger partial charge in [0.25, 0.3) is 0 Å². The number of aromatic nitrogens is 2. The molecule has 3 heteroatoms. The molecule has 1 heterocycles. The van der Waals surface area contributed by atoms with Crippen LogP contribution in [0.2, 0.25) is 0 Å². The minimum atomic E-state index is 0.131. The van der Waals surface area contributed by atoms with Gasteiger partial charge in [0.2, 0.25) is 0 Å². The van der Waals surface area contributed by atoms with E-state index in [1.54, 1.807) is 0 Å². The molecule has 4 rings (SSSR count). The van der Waals surface area contributed by atoms with Crippen molar-refractivity contribution >= 4 is 0 Å². The van der Waals surface area contributed by atoms with Crippen molar-refractivity contribution in [2.75, 3.05) is 0 Å². The standard InChI is InChI=1S/C16H17N3/c17-14-6-3-7-15-13(14)9-18-16(19-15)12-8-10-4-1-2-5-11(10)12/h1-2,4-5,9,12,14H,3,6-8,17H2. The van der Waals surface area contributed by atoms with Crippen LogP contribution in [0.3, 0.4) is 0 Å². The summed E-state index contributed by atoms with van der Waals surface area (Å²) in [5, 5.41) is 0. The van der Waals surface area contributed by atoms with Crippen LogP contribution < -0.4 is 5.73 Å². The van der Waals surface area contributed by atoms with E-state index in [-0.39, 0.29) is 6.04 Å². The number of aryl methyl sites for hydroxylation is 1. The molecular formula is C16H17N3. The molecule has 0 aliphatic heterocycles. The lowest BCUT2D eigenvalue weighted by atomic mass is 9.77. The van der Waals surface area contributed by atoms with Crippen molar-refractivity contribution in [3.05, 3.63) is 58.7 Å². The monoisotopic (exact) mass is 251 g/mol. The lowest BCUT2D eigenvalue weighted by molar-refractivity contribution is 0.545. The molecule has 19 heavy (non-hydrogen) atoms. The summed E-state index contributed by atoms with van der Waals surface area (Å²) < 4.78 is 0. The lowest BCUT2D eigenvalue weighted by Gasteiger charge is -2.30. The molecule has 0 amide bonds. The third-order valence-corrected chi connectivity index (χ3v) is 4.41. The van der Waals surface area contributed by atoms with Gasteiger partial charge < -0.3 is 5.73 Å². The Morgan fingerprint density at radius 1 is 1.16 bits per heavy atom. The molecule has 96 valence electrons. The third-order valence-electron chi connectivity index (χ3n) is 4.41. The first-order valence-corrected chi connectivity index (χ1v) is 7.02. The first kappa shape index (κ1) is 11.1. The maximum Gasteiger partial charge on any atom is 0.136 e. The maximum atomic E-state index is 6.12.